The predicted octanol–water partition coefficient (Wildman–Crippen LogP) is 5.30. The summed E-state index contributed by atoms with van der Waals surface area (Å²) < 4.78 is 11.1. The molecule has 1 aromatic carbocycles. The van der Waals surface area contributed by atoms with E-state index in [0.29, 0.717) is 5.92 Å². The van der Waals surface area contributed by atoms with Crippen LogP contribution in [-0.4, -0.2) is 7.11 Å². The van der Waals surface area contributed by atoms with Crippen molar-refractivity contribution in [1.82, 2.24) is 0 Å². The standard InChI is InChI=1S/C16H19ClO2/c1-18-13-7-8-14-12(9-13)10-15(19-14)16(17)11-5-3-2-4-6-11/h7-11,16H,2-6H2,1H3. The minimum Gasteiger partial charge on any atom is -0.497 e. The quantitative estimate of drug-likeness (QED) is 0.711. The van der Waals surface area contributed by atoms with E-state index in [0.717, 1.165) is 22.5 Å². The Kier molecular flexibility index (Phi) is 3.69. The van der Waals surface area contributed by atoms with E-state index >= 15 is 0 Å². The van der Waals surface area contributed by atoms with E-state index in [9.17, 15) is 0 Å². The van der Waals surface area contributed by atoms with Crippen LogP contribution >= 0.6 is 11.6 Å². The number of halogens is 1. The Morgan fingerprint density at radius 2 is 2.00 bits per heavy atom. The van der Waals surface area contributed by atoms with E-state index in [1.807, 2.05) is 18.2 Å². The predicted molar refractivity (Wildman–Crippen MR) is 77.9 cm³/mol. The Hall–Kier alpha value is -1.15. The molecule has 0 bridgehead atoms. The molecule has 1 aromatic heterocycles. The van der Waals surface area contributed by atoms with Gasteiger partial charge in [0.1, 0.15) is 17.1 Å². The fourth-order valence-corrected chi connectivity index (χ4v) is 3.32. The second kappa shape index (κ2) is 5.46. The summed E-state index contributed by atoms with van der Waals surface area (Å²) in [5.41, 5.74) is 0.886. The molecule has 19 heavy (non-hydrogen) atoms. The van der Waals surface area contributed by atoms with Crippen molar-refractivity contribution in [2.75, 3.05) is 7.11 Å². The first-order valence-corrected chi connectivity index (χ1v) is 7.43. The molecule has 1 saturated carbocycles. The fraction of sp³-hybridized carbons (Fsp3) is 0.500. The number of ether oxygens (including phenoxy) is 1. The maximum atomic E-state index is 6.61. The molecule has 0 radical (unpaired) electrons. The Bertz CT molecular complexity index is 555. The number of methoxy groups -OCH3 is 1. The average molecular weight is 279 g/mol. The monoisotopic (exact) mass is 278 g/mol. The molecule has 1 heterocycles. The number of furan rings is 1. The Morgan fingerprint density at radius 3 is 2.74 bits per heavy atom. The van der Waals surface area contributed by atoms with Gasteiger partial charge in [0.05, 0.1) is 12.5 Å². The molecule has 0 saturated heterocycles. The summed E-state index contributed by atoms with van der Waals surface area (Å²) >= 11 is 6.61. The Labute approximate surface area is 118 Å². The molecule has 0 aliphatic heterocycles. The van der Waals surface area contributed by atoms with Crippen LogP contribution in [0.2, 0.25) is 0 Å². The molecule has 0 spiro atoms. The third-order valence-corrected chi connectivity index (χ3v) is 4.65. The van der Waals surface area contributed by atoms with Crippen LogP contribution in [0.3, 0.4) is 0 Å². The molecule has 1 fully saturated rings. The highest BCUT2D eigenvalue weighted by atomic mass is 35.5. The van der Waals surface area contributed by atoms with Crippen molar-refractivity contribution in [3.63, 3.8) is 0 Å². The van der Waals surface area contributed by atoms with E-state index in [1.165, 1.54) is 32.1 Å². The largest absolute Gasteiger partial charge is 0.497 e. The zero-order valence-electron chi connectivity index (χ0n) is 11.2. The van der Waals surface area contributed by atoms with Gasteiger partial charge in [-0.3, -0.25) is 0 Å². The van der Waals surface area contributed by atoms with Crippen LogP contribution in [-0.2, 0) is 0 Å². The smallest absolute Gasteiger partial charge is 0.134 e. The molecule has 0 N–H and O–H groups in total. The van der Waals surface area contributed by atoms with Crippen LogP contribution in [0.15, 0.2) is 28.7 Å². The molecule has 3 heteroatoms. The Morgan fingerprint density at radius 1 is 1.21 bits per heavy atom. The molecule has 2 aromatic rings. The first-order valence-electron chi connectivity index (χ1n) is 6.99. The lowest BCUT2D eigenvalue weighted by Crippen LogP contribution is -2.11. The fourth-order valence-electron chi connectivity index (χ4n) is 2.96. The van der Waals surface area contributed by atoms with E-state index < -0.39 is 0 Å². The lowest BCUT2D eigenvalue weighted by Gasteiger charge is -2.24. The van der Waals surface area contributed by atoms with Crippen LogP contribution in [0.1, 0.15) is 43.2 Å². The van der Waals surface area contributed by atoms with Gasteiger partial charge in [0, 0.05) is 5.39 Å². The third kappa shape index (κ3) is 2.59. The molecule has 1 atom stereocenters. The van der Waals surface area contributed by atoms with E-state index in [4.69, 9.17) is 20.8 Å². The first kappa shape index (κ1) is 12.9. The number of benzene rings is 1. The van der Waals surface area contributed by atoms with Gasteiger partial charge in [0.2, 0.25) is 0 Å². The Balaban J connectivity index is 1.87. The van der Waals surface area contributed by atoms with Gasteiger partial charge < -0.3 is 9.15 Å². The molecule has 0 amide bonds. The van der Waals surface area contributed by atoms with Crippen molar-refractivity contribution in [2.24, 2.45) is 5.92 Å². The summed E-state index contributed by atoms with van der Waals surface area (Å²) in [5.74, 6) is 2.30. The number of hydrogen-bond acceptors (Lipinski definition) is 2. The second-order valence-electron chi connectivity index (χ2n) is 5.35. The minimum absolute atomic E-state index is 0.00121. The summed E-state index contributed by atoms with van der Waals surface area (Å²) in [6.45, 7) is 0. The first-order chi connectivity index (χ1) is 9.28. The van der Waals surface area contributed by atoms with Crippen molar-refractivity contribution in [1.29, 1.82) is 0 Å². The van der Waals surface area contributed by atoms with Gasteiger partial charge >= 0.3 is 0 Å². The van der Waals surface area contributed by atoms with Gasteiger partial charge in [-0.15, -0.1) is 11.6 Å². The summed E-state index contributed by atoms with van der Waals surface area (Å²) in [5, 5.41) is 1.06. The highest BCUT2D eigenvalue weighted by molar-refractivity contribution is 6.20. The van der Waals surface area contributed by atoms with Crippen molar-refractivity contribution < 1.29 is 9.15 Å². The maximum Gasteiger partial charge on any atom is 0.134 e. The summed E-state index contributed by atoms with van der Waals surface area (Å²) in [6.07, 6.45) is 6.37. The highest BCUT2D eigenvalue weighted by Gasteiger charge is 2.25. The number of fused-ring (bicyclic) bond motifs is 1. The molecule has 102 valence electrons. The lowest BCUT2D eigenvalue weighted by molar-refractivity contribution is 0.328. The molecule has 1 unspecified atom stereocenters. The molecular formula is C16H19ClO2. The van der Waals surface area contributed by atoms with Crippen LogP contribution < -0.4 is 4.74 Å². The van der Waals surface area contributed by atoms with Crippen molar-refractivity contribution in [3.8, 4) is 5.75 Å². The SMILES string of the molecule is COc1ccc2oc(C(Cl)C3CCCCC3)cc2c1. The van der Waals surface area contributed by atoms with Gasteiger partial charge in [0.25, 0.3) is 0 Å². The molecule has 1 aliphatic rings. The molecule has 3 rings (SSSR count). The third-order valence-electron chi connectivity index (χ3n) is 4.08. The van der Waals surface area contributed by atoms with Crippen LogP contribution in [0.5, 0.6) is 5.75 Å². The number of hydrogen-bond donors (Lipinski definition) is 0. The van der Waals surface area contributed by atoms with E-state index in [2.05, 4.69) is 6.07 Å². The molecule has 2 nitrogen and oxygen atoms in total. The van der Waals surface area contributed by atoms with Gasteiger partial charge in [-0.2, -0.15) is 0 Å². The van der Waals surface area contributed by atoms with Gasteiger partial charge in [-0.1, -0.05) is 19.3 Å². The minimum atomic E-state index is -0.00121. The maximum absolute atomic E-state index is 6.61. The topological polar surface area (TPSA) is 22.4 Å². The summed E-state index contributed by atoms with van der Waals surface area (Å²) in [7, 11) is 1.68. The summed E-state index contributed by atoms with van der Waals surface area (Å²) in [4.78, 5) is 0. The van der Waals surface area contributed by atoms with Crippen LogP contribution in [0.25, 0.3) is 11.0 Å². The normalized spacial score (nSPS) is 18.6. The van der Waals surface area contributed by atoms with Crippen LogP contribution in [0.4, 0.5) is 0 Å². The lowest BCUT2D eigenvalue weighted by atomic mass is 9.86. The van der Waals surface area contributed by atoms with Gasteiger partial charge in [-0.05, 0) is 43.0 Å². The van der Waals surface area contributed by atoms with Gasteiger partial charge in [0.15, 0.2) is 0 Å². The zero-order valence-corrected chi connectivity index (χ0v) is 12.0. The number of rotatable bonds is 3. The van der Waals surface area contributed by atoms with Crippen LogP contribution in [0, 0.1) is 5.92 Å². The second-order valence-corrected chi connectivity index (χ2v) is 5.82. The van der Waals surface area contributed by atoms with E-state index in [-0.39, 0.29) is 5.38 Å². The molecule has 1 aliphatic carbocycles. The van der Waals surface area contributed by atoms with Gasteiger partial charge in [-0.25, -0.2) is 0 Å². The average Bonchev–Trinajstić information content (AvgIpc) is 2.90. The number of alkyl halides is 1. The zero-order chi connectivity index (χ0) is 13.2. The van der Waals surface area contributed by atoms with E-state index in [1.54, 1.807) is 7.11 Å². The summed E-state index contributed by atoms with van der Waals surface area (Å²) in [6, 6.07) is 7.92. The van der Waals surface area contributed by atoms with Crippen molar-refractivity contribution in [3.05, 3.63) is 30.0 Å². The van der Waals surface area contributed by atoms with Crippen molar-refractivity contribution >= 4 is 22.6 Å². The highest BCUT2D eigenvalue weighted by Crippen LogP contribution is 2.40. The van der Waals surface area contributed by atoms with Crippen molar-refractivity contribution in [2.45, 2.75) is 37.5 Å². The molecular weight excluding hydrogens is 260 g/mol.